The number of rotatable bonds is 6. The van der Waals surface area contributed by atoms with Gasteiger partial charge >= 0.3 is 0 Å². The Morgan fingerprint density at radius 3 is 2.93 bits per heavy atom. The topological polar surface area (TPSA) is 102 Å². The summed E-state index contributed by atoms with van der Waals surface area (Å²) in [6.45, 7) is 0.297. The molecule has 0 saturated heterocycles. The van der Waals surface area contributed by atoms with E-state index in [0.29, 0.717) is 18.5 Å². The lowest BCUT2D eigenvalue weighted by Crippen LogP contribution is -2.24. The zero-order valence-electron chi connectivity index (χ0n) is 15.2. The molecule has 1 aromatic carbocycles. The van der Waals surface area contributed by atoms with Crippen molar-refractivity contribution in [3.05, 3.63) is 54.6 Å². The van der Waals surface area contributed by atoms with Crippen LogP contribution in [-0.4, -0.2) is 47.8 Å². The maximum Gasteiger partial charge on any atom is 0.162 e. The second-order valence-electron chi connectivity index (χ2n) is 7.02. The molecule has 28 heavy (non-hydrogen) atoms. The molecule has 0 spiro atoms. The number of pyridine rings is 1. The third kappa shape index (κ3) is 3.17. The number of hydrogen-bond acceptors (Lipinski definition) is 6. The molecule has 0 unspecified atom stereocenters. The van der Waals surface area contributed by atoms with Crippen molar-refractivity contribution in [2.45, 2.75) is 31.5 Å². The van der Waals surface area contributed by atoms with Crippen LogP contribution in [0.15, 0.2) is 49.1 Å². The van der Waals surface area contributed by atoms with Crippen LogP contribution in [0.5, 0.6) is 0 Å². The van der Waals surface area contributed by atoms with E-state index in [1.165, 1.54) is 12.7 Å². The number of aromatic amines is 1. The van der Waals surface area contributed by atoms with E-state index >= 15 is 0 Å². The normalized spacial score (nSPS) is 15.6. The van der Waals surface area contributed by atoms with Crippen LogP contribution in [0.3, 0.4) is 0 Å². The van der Waals surface area contributed by atoms with Gasteiger partial charge in [-0.25, -0.2) is 14.6 Å². The first kappa shape index (κ1) is 17.0. The lowest BCUT2D eigenvalue weighted by Gasteiger charge is -2.26. The van der Waals surface area contributed by atoms with Crippen molar-refractivity contribution in [2.75, 3.05) is 6.61 Å². The summed E-state index contributed by atoms with van der Waals surface area (Å²) in [6.07, 6.45) is 7.93. The number of nitrogens with one attached hydrogen (secondary N) is 1. The van der Waals surface area contributed by atoms with Gasteiger partial charge in [-0.3, -0.25) is 5.10 Å². The first-order chi connectivity index (χ1) is 13.8. The second kappa shape index (κ2) is 7.14. The Morgan fingerprint density at radius 2 is 2.14 bits per heavy atom. The number of hydrogen-bond donors (Lipinski definition) is 2. The van der Waals surface area contributed by atoms with Gasteiger partial charge in [0.2, 0.25) is 0 Å². The van der Waals surface area contributed by atoms with Crippen molar-refractivity contribution >= 4 is 11.0 Å². The van der Waals surface area contributed by atoms with Crippen LogP contribution < -0.4 is 0 Å². The van der Waals surface area contributed by atoms with Crippen molar-refractivity contribution in [3.63, 3.8) is 0 Å². The fraction of sp³-hybridized carbons (Fsp3) is 0.300. The van der Waals surface area contributed by atoms with E-state index < -0.39 is 6.10 Å². The minimum atomic E-state index is -0.685. The van der Waals surface area contributed by atoms with Gasteiger partial charge in [-0.15, -0.1) is 0 Å². The van der Waals surface area contributed by atoms with Crippen LogP contribution in [0.4, 0.5) is 0 Å². The summed E-state index contributed by atoms with van der Waals surface area (Å²) in [6, 6.07) is 9.75. The van der Waals surface area contributed by atoms with Crippen LogP contribution in [0.2, 0.25) is 0 Å². The highest BCUT2D eigenvalue weighted by Gasteiger charge is 2.20. The Balaban J connectivity index is 1.41. The van der Waals surface area contributed by atoms with E-state index in [0.717, 1.165) is 40.7 Å². The fourth-order valence-corrected chi connectivity index (χ4v) is 3.30. The zero-order chi connectivity index (χ0) is 18.9. The van der Waals surface area contributed by atoms with Crippen LogP contribution >= 0.6 is 0 Å². The van der Waals surface area contributed by atoms with Gasteiger partial charge in [0.25, 0.3) is 0 Å². The van der Waals surface area contributed by atoms with Crippen molar-refractivity contribution < 1.29 is 9.84 Å². The monoisotopic (exact) mass is 376 g/mol. The Morgan fingerprint density at radius 1 is 1.21 bits per heavy atom. The Labute approximate surface area is 161 Å². The molecule has 0 bridgehead atoms. The number of H-pyrrole nitrogens is 1. The van der Waals surface area contributed by atoms with Crippen LogP contribution in [0.1, 0.15) is 30.9 Å². The van der Waals surface area contributed by atoms with Gasteiger partial charge in [-0.05, 0) is 37.5 Å². The molecule has 1 aliphatic rings. The summed E-state index contributed by atoms with van der Waals surface area (Å²) in [7, 11) is 0. The first-order valence-electron chi connectivity index (χ1n) is 9.37. The summed E-state index contributed by atoms with van der Waals surface area (Å²) in [4.78, 5) is 8.73. The lowest BCUT2D eigenvalue weighted by molar-refractivity contribution is -0.0427. The molecule has 1 fully saturated rings. The molecule has 1 aliphatic carbocycles. The molecule has 1 saturated carbocycles. The molecular formula is C20H20N6O2. The minimum absolute atomic E-state index is 0.297. The van der Waals surface area contributed by atoms with Gasteiger partial charge < -0.3 is 9.84 Å². The van der Waals surface area contributed by atoms with Crippen LogP contribution in [0, 0.1) is 0 Å². The molecule has 142 valence electrons. The maximum absolute atomic E-state index is 10.4. The summed E-state index contributed by atoms with van der Waals surface area (Å²) in [5, 5.41) is 22.5. The molecule has 0 amide bonds. The molecule has 3 heterocycles. The number of ether oxygens (including phenoxy) is 1. The van der Waals surface area contributed by atoms with E-state index in [2.05, 4.69) is 25.3 Å². The molecule has 1 atom stereocenters. The SMILES string of the molecule is O[C@@H](COC1CCC1)c1cnc2c(cnn2-c2cccc(-c3ncn[nH]3)c2)c1. The molecule has 8 nitrogen and oxygen atoms in total. The van der Waals surface area contributed by atoms with Gasteiger partial charge in [0.15, 0.2) is 11.5 Å². The van der Waals surface area contributed by atoms with Gasteiger partial charge in [0.1, 0.15) is 12.4 Å². The van der Waals surface area contributed by atoms with Crippen molar-refractivity contribution in [3.8, 4) is 17.1 Å². The Kier molecular flexibility index (Phi) is 4.34. The quantitative estimate of drug-likeness (QED) is 0.536. The molecule has 0 aliphatic heterocycles. The number of fused-ring (bicyclic) bond motifs is 1. The third-order valence-electron chi connectivity index (χ3n) is 5.14. The van der Waals surface area contributed by atoms with E-state index in [1.54, 1.807) is 17.1 Å². The summed E-state index contributed by atoms with van der Waals surface area (Å²) < 4.78 is 7.49. The highest BCUT2D eigenvalue weighted by Crippen LogP contribution is 2.26. The number of nitrogens with zero attached hydrogens (tertiary/aromatic N) is 5. The van der Waals surface area contributed by atoms with Crippen LogP contribution in [0.25, 0.3) is 28.1 Å². The summed E-state index contributed by atoms with van der Waals surface area (Å²) >= 11 is 0. The molecule has 3 aromatic heterocycles. The van der Waals surface area contributed by atoms with E-state index in [-0.39, 0.29) is 0 Å². The van der Waals surface area contributed by atoms with Gasteiger partial charge in [-0.2, -0.15) is 10.2 Å². The highest BCUT2D eigenvalue weighted by molar-refractivity contribution is 5.77. The average molecular weight is 376 g/mol. The fourth-order valence-electron chi connectivity index (χ4n) is 3.30. The highest BCUT2D eigenvalue weighted by atomic mass is 16.5. The zero-order valence-corrected chi connectivity index (χ0v) is 15.2. The van der Waals surface area contributed by atoms with Gasteiger partial charge in [0.05, 0.1) is 24.6 Å². The first-order valence-corrected chi connectivity index (χ1v) is 9.37. The molecule has 5 rings (SSSR count). The number of aliphatic hydroxyl groups is 1. The van der Waals surface area contributed by atoms with Crippen molar-refractivity contribution in [1.82, 2.24) is 29.9 Å². The molecule has 0 radical (unpaired) electrons. The minimum Gasteiger partial charge on any atom is -0.386 e. The molecule has 4 aromatic rings. The standard InChI is InChI=1S/C20H20N6O2/c27-18(11-28-17-5-2-6-17)14-7-15-10-24-26(20(15)21-9-14)16-4-1-3-13(8-16)19-22-12-23-25-19/h1,3-4,7-10,12,17-18,27H,2,5-6,11H2,(H,22,23,25)/t18-/m0/s1. The predicted molar refractivity (Wildman–Crippen MR) is 103 cm³/mol. The van der Waals surface area contributed by atoms with E-state index in [9.17, 15) is 5.11 Å². The largest absolute Gasteiger partial charge is 0.386 e. The maximum atomic E-state index is 10.4. The van der Waals surface area contributed by atoms with Crippen LogP contribution in [-0.2, 0) is 4.74 Å². The van der Waals surface area contributed by atoms with Gasteiger partial charge in [0, 0.05) is 22.7 Å². The molecular weight excluding hydrogens is 356 g/mol. The van der Waals surface area contributed by atoms with E-state index in [1.807, 2.05) is 30.3 Å². The Bertz CT molecular complexity index is 1090. The lowest BCUT2D eigenvalue weighted by atomic mass is 9.96. The van der Waals surface area contributed by atoms with Gasteiger partial charge in [-0.1, -0.05) is 12.1 Å². The Hall–Kier alpha value is -3.10. The summed E-state index contributed by atoms with van der Waals surface area (Å²) in [5.41, 5.74) is 3.25. The van der Waals surface area contributed by atoms with E-state index in [4.69, 9.17) is 4.74 Å². The smallest absolute Gasteiger partial charge is 0.162 e. The average Bonchev–Trinajstić information content (AvgIpc) is 3.36. The number of benzene rings is 1. The second-order valence-corrected chi connectivity index (χ2v) is 7.02. The third-order valence-corrected chi connectivity index (χ3v) is 5.14. The predicted octanol–water partition coefficient (Wildman–Crippen LogP) is 2.81. The molecule has 2 N–H and O–H groups in total. The molecule has 8 heteroatoms. The van der Waals surface area contributed by atoms with Crippen molar-refractivity contribution in [2.24, 2.45) is 0 Å². The van der Waals surface area contributed by atoms with Crippen molar-refractivity contribution in [1.29, 1.82) is 0 Å². The number of aromatic nitrogens is 6. The number of aliphatic hydroxyl groups excluding tert-OH is 1. The summed E-state index contributed by atoms with van der Waals surface area (Å²) in [5.74, 6) is 0.697.